The summed E-state index contributed by atoms with van der Waals surface area (Å²) in [6.07, 6.45) is 4.08. The van der Waals surface area contributed by atoms with Crippen molar-refractivity contribution in [3.8, 4) is 11.8 Å². The maximum atomic E-state index is 12.4. The van der Waals surface area contributed by atoms with Crippen molar-refractivity contribution in [1.82, 2.24) is 0 Å². The molecule has 0 radical (unpaired) electrons. The van der Waals surface area contributed by atoms with Gasteiger partial charge in [0.15, 0.2) is 0 Å². The molecule has 0 heterocycles. The summed E-state index contributed by atoms with van der Waals surface area (Å²) in [5, 5.41) is 12.1. The molecule has 1 fully saturated rings. The molecule has 1 aliphatic rings. The van der Waals surface area contributed by atoms with Gasteiger partial charge in [-0.15, -0.1) is 0 Å². The molecule has 0 bridgehead atoms. The Hall–Kier alpha value is -2.02. The summed E-state index contributed by atoms with van der Waals surface area (Å²) < 4.78 is 5.58. The summed E-state index contributed by atoms with van der Waals surface area (Å²) >= 11 is 0. The highest BCUT2D eigenvalue weighted by atomic mass is 16.5. The summed E-state index contributed by atoms with van der Waals surface area (Å²) in [7, 11) is 0. The monoisotopic (exact) mass is 286 g/mol. The molecule has 4 nitrogen and oxygen atoms in total. The van der Waals surface area contributed by atoms with Gasteiger partial charge in [0.05, 0.1) is 11.7 Å². The van der Waals surface area contributed by atoms with Gasteiger partial charge in [-0.05, 0) is 44.9 Å². The fourth-order valence-electron chi connectivity index (χ4n) is 2.72. The zero-order valence-corrected chi connectivity index (χ0v) is 12.9. The lowest BCUT2D eigenvalue weighted by molar-refractivity contribution is -0.124. The van der Waals surface area contributed by atoms with E-state index in [1.165, 1.54) is 0 Å². The smallest absolute Gasteiger partial charge is 0.230 e. The minimum Gasteiger partial charge on any atom is -0.490 e. The minimum absolute atomic E-state index is 0.00920. The topological polar surface area (TPSA) is 62.1 Å². The predicted molar refractivity (Wildman–Crippen MR) is 82.1 cm³/mol. The Morgan fingerprint density at radius 3 is 2.62 bits per heavy atom. The Morgan fingerprint density at radius 2 is 2.05 bits per heavy atom. The van der Waals surface area contributed by atoms with E-state index in [-0.39, 0.29) is 17.4 Å². The van der Waals surface area contributed by atoms with Gasteiger partial charge in [0, 0.05) is 11.1 Å². The van der Waals surface area contributed by atoms with Gasteiger partial charge in [-0.3, -0.25) is 4.79 Å². The zero-order valence-electron chi connectivity index (χ0n) is 12.9. The lowest BCUT2D eigenvalue weighted by Crippen LogP contribution is -2.30. The van der Waals surface area contributed by atoms with Gasteiger partial charge in [-0.1, -0.05) is 19.8 Å². The van der Waals surface area contributed by atoms with E-state index in [2.05, 4.69) is 11.4 Å². The normalized spacial score (nSPS) is 16.5. The molecule has 1 aromatic carbocycles. The van der Waals surface area contributed by atoms with Crippen molar-refractivity contribution < 1.29 is 9.53 Å². The summed E-state index contributed by atoms with van der Waals surface area (Å²) in [6, 6.07) is 7.32. The van der Waals surface area contributed by atoms with Gasteiger partial charge in [-0.2, -0.15) is 5.26 Å². The predicted octanol–water partition coefficient (Wildman–Crippen LogP) is 3.86. The van der Waals surface area contributed by atoms with Crippen molar-refractivity contribution in [2.75, 3.05) is 5.32 Å². The number of rotatable bonds is 4. The fraction of sp³-hybridized carbons (Fsp3) is 0.529. The largest absolute Gasteiger partial charge is 0.490 e. The van der Waals surface area contributed by atoms with Crippen LogP contribution in [-0.4, -0.2) is 12.0 Å². The number of carbonyl (C=O) groups excluding carboxylic acids is 1. The van der Waals surface area contributed by atoms with Crippen LogP contribution in [0.4, 0.5) is 5.69 Å². The Kier molecular flexibility index (Phi) is 4.52. The van der Waals surface area contributed by atoms with E-state index in [4.69, 9.17) is 4.74 Å². The first kappa shape index (κ1) is 15.4. The number of hydrogen-bond acceptors (Lipinski definition) is 3. The molecule has 0 atom stereocenters. The first-order chi connectivity index (χ1) is 9.94. The number of nitrogens with zero attached hydrogens (tertiary/aromatic N) is 1. The molecule has 1 saturated carbocycles. The highest BCUT2D eigenvalue weighted by molar-refractivity contribution is 5.95. The second-order valence-electron chi connectivity index (χ2n) is 6.21. The lowest BCUT2D eigenvalue weighted by atomic mass is 9.88. The molecule has 0 aliphatic heterocycles. The number of nitrogens with one attached hydrogen (secondary N) is 1. The van der Waals surface area contributed by atoms with E-state index in [1.807, 2.05) is 20.8 Å². The quantitative estimate of drug-likeness (QED) is 0.914. The third-order valence-corrected chi connectivity index (χ3v) is 3.98. The number of carbonyl (C=O) groups is 1. The van der Waals surface area contributed by atoms with Crippen molar-refractivity contribution in [1.29, 1.82) is 5.26 Å². The SMILES string of the molecule is CC(C)Oc1ccc(NC(=O)C2(C)CCCC2)cc1C#N. The molecule has 1 aliphatic carbocycles. The van der Waals surface area contributed by atoms with Crippen molar-refractivity contribution >= 4 is 11.6 Å². The molecule has 0 aromatic heterocycles. The Labute approximate surface area is 126 Å². The summed E-state index contributed by atoms with van der Waals surface area (Å²) in [5.41, 5.74) is 0.818. The summed E-state index contributed by atoms with van der Waals surface area (Å²) in [6.45, 7) is 5.84. The Bertz CT molecular complexity index is 567. The molecule has 0 unspecified atom stereocenters. The zero-order chi connectivity index (χ0) is 15.5. The van der Waals surface area contributed by atoms with E-state index >= 15 is 0 Å². The first-order valence-corrected chi connectivity index (χ1v) is 7.47. The maximum absolute atomic E-state index is 12.4. The van der Waals surface area contributed by atoms with Crippen molar-refractivity contribution in [3.05, 3.63) is 23.8 Å². The van der Waals surface area contributed by atoms with Gasteiger partial charge in [0.2, 0.25) is 5.91 Å². The van der Waals surface area contributed by atoms with E-state index < -0.39 is 0 Å². The third kappa shape index (κ3) is 3.55. The summed E-state index contributed by atoms with van der Waals surface area (Å²) in [5.74, 6) is 0.596. The fourth-order valence-corrected chi connectivity index (χ4v) is 2.72. The van der Waals surface area contributed by atoms with Crippen LogP contribution in [0.2, 0.25) is 0 Å². The van der Waals surface area contributed by atoms with Crippen molar-refractivity contribution in [2.24, 2.45) is 5.41 Å². The molecular formula is C17H22N2O2. The van der Waals surface area contributed by atoms with E-state index in [0.717, 1.165) is 25.7 Å². The van der Waals surface area contributed by atoms with Crippen LogP contribution in [-0.2, 0) is 4.79 Å². The second-order valence-corrected chi connectivity index (χ2v) is 6.21. The van der Waals surface area contributed by atoms with E-state index in [1.54, 1.807) is 18.2 Å². The van der Waals surface area contributed by atoms with Crippen LogP contribution in [0.5, 0.6) is 5.75 Å². The van der Waals surface area contributed by atoms with Crippen LogP contribution in [0.15, 0.2) is 18.2 Å². The van der Waals surface area contributed by atoms with Crippen molar-refractivity contribution in [3.63, 3.8) is 0 Å². The van der Waals surface area contributed by atoms with Crippen molar-refractivity contribution in [2.45, 2.75) is 52.6 Å². The standard InChI is InChI=1S/C17H22N2O2/c1-12(2)21-15-7-6-14(10-13(15)11-18)19-16(20)17(3)8-4-5-9-17/h6-7,10,12H,4-5,8-9H2,1-3H3,(H,19,20). The molecular weight excluding hydrogens is 264 g/mol. The van der Waals surface area contributed by atoms with Crippen LogP contribution in [0.3, 0.4) is 0 Å². The molecule has 112 valence electrons. The van der Waals surface area contributed by atoms with Crippen LogP contribution in [0, 0.1) is 16.7 Å². The maximum Gasteiger partial charge on any atom is 0.230 e. The number of hydrogen-bond donors (Lipinski definition) is 1. The number of nitriles is 1. The van der Waals surface area contributed by atoms with Crippen LogP contribution in [0.25, 0.3) is 0 Å². The molecule has 0 saturated heterocycles. The molecule has 4 heteroatoms. The van der Waals surface area contributed by atoms with Gasteiger partial charge < -0.3 is 10.1 Å². The average Bonchev–Trinajstić information content (AvgIpc) is 2.88. The van der Waals surface area contributed by atoms with Crippen LogP contribution in [0.1, 0.15) is 52.0 Å². The van der Waals surface area contributed by atoms with Crippen LogP contribution < -0.4 is 10.1 Å². The van der Waals surface area contributed by atoms with Gasteiger partial charge in [0.25, 0.3) is 0 Å². The Balaban J connectivity index is 2.14. The number of amides is 1. The van der Waals surface area contributed by atoms with Gasteiger partial charge in [-0.25, -0.2) is 0 Å². The Morgan fingerprint density at radius 1 is 1.38 bits per heavy atom. The molecule has 1 amide bonds. The molecule has 1 aromatic rings. The van der Waals surface area contributed by atoms with Gasteiger partial charge in [0.1, 0.15) is 11.8 Å². The lowest BCUT2D eigenvalue weighted by Gasteiger charge is -2.22. The number of anilines is 1. The average molecular weight is 286 g/mol. The molecule has 1 N–H and O–H groups in total. The first-order valence-electron chi connectivity index (χ1n) is 7.47. The highest BCUT2D eigenvalue weighted by Gasteiger charge is 2.36. The molecule has 2 rings (SSSR count). The molecule has 21 heavy (non-hydrogen) atoms. The van der Waals surface area contributed by atoms with Crippen LogP contribution >= 0.6 is 0 Å². The van der Waals surface area contributed by atoms with E-state index in [0.29, 0.717) is 17.0 Å². The second kappa shape index (κ2) is 6.17. The third-order valence-electron chi connectivity index (χ3n) is 3.98. The van der Waals surface area contributed by atoms with E-state index in [9.17, 15) is 10.1 Å². The number of ether oxygens (including phenoxy) is 1. The summed E-state index contributed by atoms with van der Waals surface area (Å²) in [4.78, 5) is 12.4. The highest BCUT2D eigenvalue weighted by Crippen LogP contribution is 2.38. The molecule has 0 spiro atoms. The minimum atomic E-state index is -0.278. The van der Waals surface area contributed by atoms with Gasteiger partial charge >= 0.3 is 0 Å². The number of benzene rings is 1.